The van der Waals surface area contributed by atoms with Gasteiger partial charge in [0, 0.05) is 3.57 Å². The molecule has 0 spiro atoms. The van der Waals surface area contributed by atoms with Crippen LogP contribution >= 0.6 is 22.6 Å². The average Bonchev–Trinajstić information content (AvgIpc) is 1.94. The Bertz CT molecular complexity index is 267. The molecule has 1 rings (SSSR count). The maximum absolute atomic E-state index is 12.7. The number of hydrogen-bond donors (Lipinski definition) is 2. The van der Waals surface area contributed by atoms with E-state index in [0.29, 0.717) is 3.57 Å². The molecule has 0 saturated carbocycles. The summed E-state index contributed by atoms with van der Waals surface area (Å²) in [5, 5.41) is 17.3. The standard InChI is InChI=1S/C6H5BFIO2/c8-5-3-4(7(10)11)1-2-6(5)9/h1-3,10-11H. The summed E-state index contributed by atoms with van der Waals surface area (Å²) in [7, 11) is -1.60. The van der Waals surface area contributed by atoms with Gasteiger partial charge in [-0.2, -0.15) is 0 Å². The molecule has 2 N–H and O–H groups in total. The van der Waals surface area contributed by atoms with Crippen molar-refractivity contribution in [2.75, 3.05) is 0 Å². The zero-order chi connectivity index (χ0) is 8.43. The summed E-state index contributed by atoms with van der Waals surface area (Å²) >= 11 is 1.83. The molecule has 0 fully saturated rings. The predicted octanol–water partition coefficient (Wildman–Crippen LogP) is 0.110. The second-order valence-electron chi connectivity index (χ2n) is 2.05. The summed E-state index contributed by atoms with van der Waals surface area (Å²) in [5.41, 5.74) is 0.169. The Morgan fingerprint density at radius 2 is 2.00 bits per heavy atom. The molecule has 0 aliphatic carbocycles. The van der Waals surface area contributed by atoms with Gasteiger partial charge in [0.05, 0.1) is 0 Å². The minimum absolute atomic E-state index is 0.169. The third-order valence-electron chi connectivity index (χ3n) is 1.24. The van der Waals surface area contributed by atoms with Crippen LogP contribution in [0.5, 0.6) is 0 Å². The molecule has 0 atom stereocenters. The van der Waals surface area contributed by atoms with E-state index >= 15 is 0 Å². The average molecular weight is 266 g/mol. The van der Waals surface area contributed by atoms with Crippen LogP contribution in [0.25, 0.3) is 0 Å². The van der Waals surface area contributed by atoms with E-state index < -0.39 is 12.9 Å². The Morgan fingerprint density at radius 3 is 2.45 bits per heavy atom. The third-order valence-corrected chi connectivity index (χ3v) is 2.12. The van der Waals surface area contributed by atoms with Gasteiger partial charge in [0.2, 0.25) is 0 Å². The van der Waals surface area contributed by atoms with Crippen molar-refractivity contribution in [1.82, 2.24) is 0 Å². The van der Waals surface area contributed by atoms with Crippen molar-refractivity contribution >= 4 is 35.2 Å². The van der Waals surface area contributed by atoms with Gasteiger partial charge in [0.15, 0.2) is 0 Å². The topological polar surface area (TPSA) is 40.5 Å². The molecule has 11 heavy (non-hydrogen) atoms. The molecule has 0 radical (unpaired) electrons. The molecule has 5 heteroatoms. The quantitative estimate of drug-likeness (QED) is 0.559. The molecule has 0 aliphatic rings. The van der Waals surface area contributed by atoms with Crippen molar-refractivity contribution in [3.63, 3.8) is 0 Å². The van der Waals surface area contributed by atoms with Crippen LogP contribution in [0.4, 0.5) is 4.39 Å². The number of hydrogen-bond acceptors (Lipinski definition) is 2. The van der Waals surface area contributed by atoms with Gasteiger partial charge in [0.25, 0.3) is 0 Å². The van der Waals surface area contributed by atoms with E-state index in [4.69, 9.17) is 10.0 Å². The zero-order valence-corrected chi connectivity index (χ0v) is 7.62. The Kier molecular flexibility index (Phi) is 2.86. The Morgan fingerprint density at radius 1 is 1.36 bits per heavy atom. The molecular formula is C6H5BFIO2. The maximum atomic E-state index is 12.7. The summed E-state index contributed by atoms with van der Waals surface area (Å²) in [6, 6.07) is 4.06. The highest BCUT2D eigenvalue weighted by Gasteiger charge is 2.11. The van der Waals surface area contributed by atoms with Crippen LogP contribution in [-0.4, -0.2) is 17.2 Å². The van der Waals surface area contributed by atoms with Crippen molar-refractivity contribution in [2.24, 2.45) is 0 Å². The summed E-state index contributed by atoms with van der Waals surface area (Å²) in [6.07, 6.45) is 0. The highest BCUT2D eigenvalue weighted by Crippen LogP contribution is 2.07. The molecular weight excluding hydrogens is 261 g/mol. The lowest BCUT2D eigenvalue weighted by atomic mass is 9.80. The van der Waals surface area contributed by atoms with Gasteiger partial charge in [-0.3, -0.25) is 0 Å². The fraction of sp³-hybridized carbons (Fsp3) is 0. The first-order valence-corrected chi connectivity index (χ1v) is 4.00. The minimum Gasteiger partial charge on any atom is -0.423 e. The number of rotatable bonds is 1. The van der Waals surface area contributed by atoms with E-state index in [1.807, 2.05) is 22.6 Å². The lowest BCUT2D eigenvalue weighted by molar-refractivity contribution is 0.425. The third kappa shape index (κ3) is 2.15. The largest absolute Gasteiger partial charge is 0.488 e. The van der Waals surface area contributed by atoms with Crippen LogP contribution in [0.2, 0.25) is 0 Å². The van der Waals surface area contributed by atoms with Gasteiger partial charge in [-0.25, -0.2) is 4.39 Å². The highest BCUT2D eigenvalue weighted by atomic mass is 127. The summed E-state index contributed by atoms with van der Waals surface area (Å²) in [6.45, 7) is 0. The van der Waals surface area contributed by atoms with E-state index in [1.165, 1.54) is 12.1 Å². The molecule has 0 saturated heterocycles. The highest BCUT2D eigenvalue weighted by molar-refractivity contribution is 14.1. The van der Waals surface area contributed by atoms with E-state index in [9.17, 15) is 4.39 Å². The maximum Gasteiger partial charge on any atom is 0.488 e. The molecule has 0 unspecified atom stereocenters. The van der Waals surface area contributed by atoms with Gasteiger partial charge < -0.3 is 10.0 Å². The molecule has 1 aromatic rings. The van der Waals surface area contributed by atoms with Crippen LogP contribution in [0.15, 0.2) is 18.2 Å². The Balaban J connectivity index is 3.05. The minimum atomic E-state index is -1.60. The molecule has 0 amide bonds. The second kappa shape index (κ2) is 3.51. The Hall–Kier alpha value is -0.135. The number of benzene rings is 1. The smallest absolute Gasteiger partial charge is 0.423 e. The predicted molar refractivity (Wildman–Crippen MR) is 48.9 cm³/mol. The molecule has 1 aromatic carbocycles. The second-order valence-corrected chi connectivity index (χ2v) is 3.21. The van der Waals surface area contributed by atoms with E-state index in [1.54, 1.807) is 0 Å². The van der Waals surface area contributed by atoms with Gasteiger partial charge in [0.1, 0.15) is 5.82 Å². The van der Waals surface area contributed by atoms with E-state index in [2.05, 4.69) is 0 Å². The van der Waals surface area contributed by atoms with Crippen LogP contribution in [0.3, 0.4) is 0 Å². The van der Waals surface area contributed by atoms with Crippen LogP contribution in [0, 0.1) is 9.39 Å². The molecule has 2 nitrogen and oxygen atoms in total. The van der Waals surface area contributed by atoms with E-state index in [-0.39, 0.29) is 5.46 Å². The molecule has 0 bridgehead atoms. The lowest BCUT2D eigenvalue weighted by Crippen LogP contribution is -2.30. The van der Waals surface area contributed by atoms with Gasteiger partial charge in [-0.05, 0) is 40.2 Å². The van der Waals surface area contributed by atoms with Crippen LogP contribution in [-0.2, 0) is 0 Å². The lowest BCUT2D eigenvalue weighted by Gasteiger charge is -1.99. The van der Waals surface area contributed by atoms with Crippen molar-refractivity contribution in [3.8, 4) is 0 Å². The first-order valence-electron chi connectivity index (χ1n) is 2.92. The van der Waals surface area contributed by atoms with Crippen molar-refractivity contribution < 1.29 is 14.4 Å². The van der Waals surface area contributed by atoms with Crippen molar-refractivity contribution in [3.05, 3.63) is 27.6 Å². The molecule has 0 aromatic heterocycles. The van der Waals surface area contributed by atoms with Gasteiger partial charge >= 0.3 is 7.12 Å². The number of halogens is 2. The van der Waals surface area contributed by atoms with Crippen LogP contribution < -0.4 is 5.46 Å². The first kappa shape index (κ1) is 8.96. The summed E-state index contributed by atoms with van der Waals surface area (Å²) < 4.78 is 13.2. The Labute approximate surface area is 77.3 Å². The van der Waals surface area contributed by atoms with Gasteiger partial charge in [-0.1, -0.05) is 6.07 Å². The molecule has 58 valence electrons. The molecule has 0 heterocycles. The normalized spacial score (nSPS) is 9.82. The fourth-order valence-corrected chi connectivity index (χ4v) is 1.01. The van der Waals surface area contributed by atoms with Crippen molar-refractivity contribution in [1.29, 1.82) is 0 Å². The van der Waals surface area contributed by atoms with Crippen molar-refractivity contribution in [2.45, 2.75) is 0 Å². The first-order chi connectivity index (χ1) is 5.11. The zero-order valence-electron chi connectivity index (χ0n) is 5.46. The summed E-state index contributed by atoms with van der Waals surface area (Å²) in [4.78, 5) is 0. The molecule has 0 aliphatic heterocycles. The van der Waals surface area contributed by atoms with Crippen LogP contribution in [0.1, 0.15) is 0 Å². The SMILES string of the molecule is OB(O)c1ccc(I)c(F)c1. The summed E-state index contributed by atoms with van der Waals surface area (Å²) in [5.74, 6) is -0.434. The van der Waals surface area contributed by atoms with Gasteiger partial charge in [-0.15, -0.1) is 0 Å². The fourth-order valence-electron chi connectivity index (χ4n) is 0.673. The monoisotopic (exact) mass is 266 g/mol. The van der Waals surface area contributed by atoms with E-state index in [0.717, 1.165) is 6.07 Å².